The van der Waals surface area contributed by atoms with Crippen LogP contribution in [0.5, 0.6) is 0 Å². The van der Waals surface area contributed by atoms with Gasteiger partial charge in [0.15, 0.2) is 11.5 Å². The minimum Gasteiger partial charge on any atom is -0.379 e. The van der Waals surface area contributed by atoms with E-state index in [0.29, 0.717) is 54.9 Å². The maximum atomic E-state index is 13.8. The Morgan fingerprint density at radius 3 is 2.36 bits per heavy atom. The number of benzene rings is 2. The van der Waals surface area contributed by atoms with Gasteiger partial charge in [-0.25, -0.2) is 4.79 Å². The summed E-state index contributed by atoms with van der Waals surface area (Å²) in [6.45, 7) is 10.3. The number of rotatable bonds is 8. The van der Waals surface area contributed by atoms with Crippen molar-refractivity contribution in [2.45, 2.75) is 39.8 Å². The highest BCUT2D eigenvalue weighted by Crippen LogP contribution is 2.28. The average molecular weight is 490 g/mol. The van der Waals surface area contributed by atoms with Gasteiger partial charge in [-0.1, -0.05) is 35.5 Å². The quantitative estimate of drug-likeness (QED) is 0.205. The van der Waals surface area contributed by atoms with E-state index in [2.05, 4.69) is 10.1 Å². The number of hydrogen-bond acceptors (Lipinski definition) is 7. The molecule has 2 heterocycles. The van der Waals surface area contributed by atoms with E-state index >= 15 is 0 Å². The third-order valence-corrected chi connectivity index (χ3v) is 6.61. The molecule has 1 aromatic heterocycles. The van der Waals surface area contributed by atoms with Crippen LogP contribution in [0, 0.1) is 0 Å². The van der Waals surface area contributed by atoms with Gasteiger partial charge in [-0.2, -0.15) is 0 Å². The summed E-state index contributed by atoms with van der Waals surface area (Å²) >= 11 is 0. The molecule has 4 rings (SSSR count). The summed E-state index contributed by atoms with van der Waals surface area (Å²) in [4.78, 5) is 45.9. The monoisotopic (exact) mass is 489 g/mol. The molecule has 8 heteroatoms. The highest BCUT2D eigenvalue weighted by molar-refractivity contribution is 6.53. The van der Waals surface area contributed by atoms with E-state index in [1.54, 1.807) is 36.5 Å². The summed E-state index contributed by atoms with van der Waals surface area (Å²) in [5, 5.41) is 4.54. The first kappa shape index (κ1) is 25.5. The van der Waals surface area contributed by atoms with E-state index in [9.17, 15) is 14.4 Å². The van der Waals surface area contributed by atoms with Gasteiger partial charge >= 0.3 is 5.97 Å². The van der Waals surface area contributed by atoms with Crippen molar-refractivity contribution < 1.29 is 24.0 Å². The smallest absolute Gasteiger partial charge is 0.332 e. The number of ketones is 2. The highest BCUT2D eigenvalue weighted by atomic mass is 16.7. The van der Waals surface area contributed by atoms with Crippen molar-refractivity contribution in [1.82, 2.24) is 9.47 Å². The van der Waals surface area contributed by atoms with Crippen LogP contribution >= 0.6 is 0 Å². The largest absolute Gasteiger partial charge is 0.379 e. The molecule has 8 nitrogen and oxygen atoms in total. The molecular weight excluding hydrogens is 458 g/mol. The average Bonchev–Trinajstić information content (AvgIpc) is 3.27. The lowest BCUT2D eigenvalue weighted by atomic mass is 9.89. The summed E-state index contributed by atoms with van der Waals surface area (Å²) in [5.41, 5.74) is 1.58. The van der Waals surface area contributed by atoms with Crippen molar-refractivity contribution in [2.24, 2.45) is 5.16 Å². The Balaban J connectivity index is 1.79. The third-order valence-electron chi connectivity index (χ3n) is 6.61. The second kappa shape index (κ2) is 10.6. The summed E-state index contributed by atoms with van der Waals surface area (Å²) in [5.74, 6) is -1.03. The molecule has 1 fully saturated rings. The second-order valence-corrected chi connectivity index (χ2v) is 9.27. The van der Waals surface area contributed by atoms with Crippen LogP contribution in [-0.4, -0.2) is 64.6 Å². The van der Waals surface area contributed by atoms with Crippen molar-refractivity contribution in [1.29, 1.82) is 0 Å². The Labute approximate surface area is 210 Å². The zero-order chi connectivity index (χ0) is 25.9. The van der Waals surface area contributed by atoms with E-state index in [0.717, 1.165) is 5.52 Å². The van der Waals surface area contributed by atoms with Crippen LogP contribution in [0.1, 0.15) is 54.0 Å². The van der Waals surface area contributed by atoms with Crippen LogP contribution < -0.4 is 0 Å². The molecule has 1 saturated heterocycles. The first-order valence-electron chi connectivity index (χ1n) is 12.1. The van der Waals surface area contributed by atoms with Crippen LogP contribution in [0.15, 0.2) is 59.9 Å². The number of hydrogen-bond donors (Lipinski definition) is 0. The fourth-order valence-electron chi connectivity index (χ4n) is 4.56. The van der Waals surface area contributed by atoms with Crippen molar-refractivity contribution in [3.05, 3.63) is 71.4 Å². The van der Waals surface area contributed by atoms with E-state index in [-0.39, 0.29) is 11.5 Å². The molecule has 0 aliphatic carbocycles. The molecule has 0 N–H and O–H groups in total. The second-order valence-electron chi connectivity index (χ2n) is 9.27. The molecule has 1 aliphatic heterocycles. The lowest BCUT2D eigenvalue weighted by Gasteiger charge is -2.39. The molecule has 188 valence electrons. The van der Waals surface area contributed by atoms with Crippen molar-refractivity contribution in [3.63, 3.8) is 0 Å². The van der Waals surface area contributed by atoms with Gasteiger partial charge in [0.2, 0.25) is 5.78 Å². The first-order chi connectivity index (χ1) is 17.2. The number of nitrogens with zero attached hydrogens (tertiary/aromatic N) is 3. The summed E-state index contributed by atoms with van der Waals surface area (Å²) < 4.78 is 7.41. The van der Waals surface area contributed by atoms with E-state index in [1.165, 1.54) is 6.92 Å². The maximum Gasteiger partial charge on any atom is 0.332 e. The van der Waals surface area contributed by atoms with Crippen LogP contribution in [0.2, 0.25) is 0 Å². The Bertz CT molecular complexity index is 1320. The van der Waals surface area contributed by atoms with Crippen molar-refractivity contribution in [3.8, 4) is 0 Å². The third kappa shape index (κ3) is 5.01. The van der Waals surface area contributed by atoms with Gasteiger partial charge in [-0.15, -0.1) is 0 Å². The van der Waals surface area contributed by atoms with E-state index in [1.807, 2.05) is 43.5 Å². The first-order valence-corrected chi connectivity index (χ1v) is 12.1. The number of carbonyl (C=O) groups excluding carboxylic acids is 3. The predicted octanol–water partition coefficient (Wildman–Crippen LogP) is 4.10. The topological polar surface area (TPSA) is 90.2 Å². The summed E-state index contributed by atoms with van der Waals surface area (Å²) in [6.07, 6.45) is 1.76. The van der Waals surface area contributed by atoms with Gasteiger partial charge in [0.05, 0.1) is 18.8 Å². The number of morpholine rings is 1. The number of carbonyl (C=O) groups is 3. The Morgan fingerprint density at radius 1 is 1.03 bits per heavy atom. The summed E-state index contributed by atoms with van der Waals surface area (Å²) in [7, 11) is 0. The molecule has 0 atom stereocenters. The number of aromatic nitrogens is 1. The van der Waals surface area contributed by atoms with Crippen LogP contribution in [0.3, 0.4) is 0 Å². The Morgan fingerprint density at radius 2 is 1.72 bits per heavy atom. The minimum absolute atomic E-state index is 0.0197. The number of aryl methyl sites for hydroxylation is 1. The molecular formula is C28H31N3O5. The fraction of sp³-hybridized carbons (Fsp3) is 0.357. The highest BCUT2D eigenvalue weighted by Gasteiger charge is 2.36. The SMILES string of the molecule is CCn1cc(C(=O)/C(=N/OC(C)=O)c2ccccc2)c2cc(C(=O)C(C)(C)N3CCOCC3)ccc21. The lowest BCUT2D eigenvalue weighted by molar-refractivity contribution is -0.140. The number of ether oxygens (including phenoxy) is 1. The summed E-state index contributed by atoms with van der Waals surface area (Å²) in [6, 6.07) is 14.3. The van der Waals surface area contributed by atoms with Gasteiger partial charge in [-0.05, 0) is 39.0 Å². The molecule has 0 spiro atoms. The minimum atomic E-state index is -0.721. The van der Waals surface area contributed by atoms with E-state index in [4.69, 9.17) is 9.57 Å². The molecule has 2 aromatic carbocycles. The standard InChI is InChI=1S/C28H31N3O5/c1-5-30-18-23(26(33)25(29-36-19(2)32)20-9-7-6-8-10-20)22-17-21(11-12-24(22)30)27(34)28(3,4)31-13-15-35-16-14-31/h6-12,17-18H,5,13-16H2,1-4H3/b29-25+. The Hall–Kier alpha value is -3.62. The predicted molar refractivity (Wildman–Crippen MR) is 137 cm³/mol. The normalized spacial score (nSPS) is 15.2. The van der Waals surface area contributed by atoms with Gasteiger partial charge in [-0.3, -0.25) is 14.5 Å². The molecule has 0 unspecified atom stereocenters. The Kier molecular flexibility index (Phi) is 7.47. The van der Waals surface area contributed by atoms with Gasteiger partial charge in [0, 0.05) is 60.3 Å². The maximum absolute atomic E-state index is 13.8. The number of fused-ring (bicyclic) bond motifs is 1. The molecule has 0 radical (unpaired) electrons. The molecule has 36 heavy (non-hydrogen) atoms. The van der Waals surface area contributed by atoms with Gasteiger partial charge in [0.25, 0.3) is 0 Å². The van der Waals surface area contributed by atoms with Crippen LogP contribution in [0.4, 0.5) is 0 Å². The molecule has 0 saturated carbocycles. The van der Waals surface area contributed by atoms with Crippen LogP contribution in [-0.2, 0) is 20.9 Å². The zero-order valence-corrected chi connectivity index (χ0v) is 21.1. The molecule has 3 aromatic rings. The fourth-order valence-corrected chi connectivity index (χ4v) is 4.56. The molecule has 0 amide bonds. The van der Waals surface area contributed by atoms with Crippen molar-refractivity contribution in [2.75, 3.05) is 26.3 Å². The zero-order valence-electron chi connectivity index (χ0n) is 21.1. The molecule has 1 aliphatic rings. The van der Waals surface area contributed by atoms with E-state index < -0.39 is 17.3 Å². The number of oxime groups is 1. The lowest BCUT2D eigenvalue weighted by Crippen LogP contribution is -2.54. The van der Waals surface area contributed by atoms with Crippen molar-refractivity contribution >= 4 is 34.2 Å². The van der Waals surface area contributed by atoms with Crippen LogP contribution in [0.25, 0.3) is 10.9 Å². The van der Waals surface area contributed by atoms with Gasteiger partial charge in [0.1, 0.15) is 0 Å². The number of Topliss-reactive ketones (excluding diaryl/α,β-unsaturated/α-hetero) is 2. The molecule has 0 bridgehead atoms. The van der Waals surface area contributed by atoms with Gasteiger partial charge < -0.3 is 14.1 Å².